The summed E-state index contributed by atoms with van der Waals surface area (Å²) in [5, 5.41) is 10.2. The standard InChI is InChI=1S/C26H27FN4O3S/c1-17-15-30(16-29-17)23-9-4-18(13-24(23)34-2)12-20-14-28-26(35-3)31(25(20)33)22(10-11-32)19-5-7-21(27)8-6-19/h4-9,13-16,22,32H,10-12H2,1-3H3. The second-order valence-electron chi connectivity index (χ2n) is 8.13. The van der Waals surface area contributed by atoms with Crippen LogP contribution in [0.1, 0.15) is 34.8 Å². The van der Waals surface area contributed by atoms with E-state index in [-0.39, 0.29) is 18.0 Å². The highest BCUT2D eigenvalue weighted by Gasteiger charge is 2.21. The first-order valence-electron chi connectivity index (χ1n) is 11.1. The minimum absolute atomic E-state index is 0.126. The monoisotopic (exact) mass is 494 g/mol. The predicted molar refractivity (Wildman–Crippen MR) is 134 cm³/mol. The molecule has 1 atom stereocenters. The normalized spacial score (nSPS) is 12.0. The molecule has 0 aliphatic carbocycles. The number of hydrogen-bond donors (Lipinski definition) is 1. The molecule has 1 unspecified atom stereocenters. The van der Waals surface area contributed by atoms with Gasteiger partial charge in [0, 0.05) is 31.0 Å². The van der Waals surface area contributed by atoms with Crippen molar-refractivity contribution in [3.8, 4) is 11.4 Å². The molecule has 0 aliphatic rings. The van der Waals surface area contributed by atoms with Crippen molar-refractivity contribution >= 4 is 11.8 Å². The lowest BCUT2D eigenvalue weighted by Crippen LogP contribution is -2.31. The molecule has 2 heterocycles. The number of imidazole rings is 1. The van der Waals surface area contributed by atoms with Crippen molar-refractivity contribution in [3.05, 3.63) is 99.7 Å². The molecule has 9 heteroatoms. The molecular formula is C26H27FN4O3S. The Balaban J connectivity index is 1.73. The first-order chi connectivity index (χ1) is 16.9. The smallest absolute Gasteiger partial charge is 0.258 e. The Morgan fingerprint density at radius 2 is 1.94 bits per heavy atom. The van der Waals surface area contributed by atoms with E-state index in [0.29, 0.717) is 29.3 Å². The predicted octanol–water partition coefficient (Wildman–Crippen LogP) is 4.17. The molecule has 0 saturated heterocycles. The van der Waals surface area contributed by atoms with Crippen LogP contribution in [0, 0.1) is 12.7 Å². The van der Waals surface area contributed by atoms with Gasteiger partial charge in [-0.1, -0.05) is 30.0 Å². The third-order valence-electron chi connectivity index (χ3n) is 5.81. The van der Waals surface area contributed by atoms with Crippen LogP contribution in [0.4, 0.5) is 4.39 Å². The second kappa shape index (κ2) is 10.9. The molecule has 182 valence electrons. The molecular weight excluding hydrogens is 467 g/mol. The second-order valence-corrected chi connectivity index (χ2v) is 8.90. The van der Waals surface area contributed by atoms with E-state index in [2.05, 4.69) is 9.97 Å². The van der Waals surface area contributed by atoms with Crippen LogP contribution >= 0.6 is 11.8 Å². The molecule has 0 fully saturated rings. The molecule has 7 nitrogen and oxygen atoms in total. The van der Waals surface area contributed by atoms with Gasteiger partial charge in [-0.05, 0) is 55.0 Å². The first kappa shape index (κ1) is 24.7. The average molecular weight is 495 g/mol. The highest BCUT2D eigenvalue weighted by Crippen LogP contribution is 2.27. The summed E-state index contributed by atoms with van der Waals surface area (Å²) in [4.78, 5) is 22.5. The van der Waals surface area contributed by atoms with Crippen LogP contribution in [0.25, 0.3) is 5.69 Å². The van der Waals surface area contributed by atoms with E-state index in [9.17, 15) is 14.3 Å². The minimum Gasteiger partial charge on any atom is -0.495 e. The highest BCUT2D eigenvalue weighted by molar-refractivity contribution is 7.98. The third-order valence-corrected chi connectivity index (χ3v) is 6.48. The van der Waals surface area contributed by atoms with Gasteiger partial charge >= 0.3 is 0 Å². The Bertz CT molecular complexity index is 1370. The molecule has 4 aromatic rings. The van der Waals surface area contributed by atoms with E-state index >= 15 is 0 Å². The van der Waals surface area contributed by atoms with Crippen LogP contribution in [0.5, 0.6) is 5.75 Å². The zero-order chi connectivity index (χ0) is 24.9. The Kier molecular flexibility index (Phi) is 7.67. The van der Waals surface area contributed by atoms with Crippen LogP contribution in [-0.4, -0.2) is 44.2 Å². The van der Waals surface area contributed by atoms with Crippen LogP contribution in [-0.2, 0) is 6.42 Å². The number of methoxy groups -OCH3 is 1. The lowest BCUT2D eigenvalue weighted by atomic mass is 10.0. The number of aliphatic hydroxyl groups excluding tert-OH is 1. The number of nitrogens with zero attached hydrogens (tertiary/aromatic N) is 4. The molecule has 0 bridgehead atoms. The molecule has 2 aromatic heterocycles. The minimum atomic E-state index is -0.468. The summed E-state index contributed by atoms with van der Waals surface area (Å²) in [7, 11) is 1.61. The summed E-state index contributed by atoms with van der Waals surface area (Å²) in [6, 6.07) is 11.3. The lowest BCUT2D eigenvalue weighted by Gasteiger charge is -2.22. The Labute approximate surface area is 207 Å². The molecule has 35 heavy (non-hydrogen) atoms. The van der Waals surface area contributed by atoms with E-state index in [1.54, 1.807) is 36.3 Å². The van der Waals surface area contributed by atoms with Crippen molar-refractivity contribution in [2.75, 3.05) is 20.0 Å². The maximum atomic E-state index is 13.7. The summed E-state index contributed by atoms with van der Waals surface area (Å²) in [5.74, 6) is 0.308. The van der Waals surface area contributed by atoms with Crippen molar-refractivity contribution in [1.29, 1.82) is 0 Å². The number of benzene rings is 2. The molecule has 1 N–H and O–H groups in total. The molecule has 2 aromatic carbocycles. The SMILES string of the molecule is COc1cc(Cc2cnc(SC)n(C(CCO)c3ccc(F)cc3)c2=O)ccc1-n1cnc(C)c1. The topological polar surface area (TPSA) is 82.2 Å². The molecule has 0 spiro atoms. The third kappa shape index (κ3) is 5.31. The van der Waals surface area contributed by atoms with Gasteiger partial charge in [0.15, 0.2) is 5.16 Å². The number of ether oxygens (including phenoxy) is 1. The summed E-state index contributed by atoms with van der Waals surface area (Å²) in [6.45, 7) is 1.79. The van der Waals surface area contributed by atoms with Crippen LogP contribution < -0.4 is 10.3 Å². The van der Waals surface area contributed by atoms with Crippen molar-refractivity contribution < 1.29 is 14.2 Å². The fraction of sp³-hybridized carbons (Fsp3) is 0.269. The van der Waals surface area contributed by atoms with E-state index in [4.69, 9.17) is 4.74 Å². The quantitative estimate of drug-likeness (QED) is 0.278. The molecule has 0 aliphatic heterocycles. The fourth-order valence-corrected chi connectivity index (χ4v) is 4.67. The number of aliphatic hydroxyl groups is 1. The van der Waals surface area contributed by atoms with Crippen molar-refractivity contribution in [2.45, 2.75) is 31.0 Å². The van der Waals surface area contributed by atoms with E-state index in [0.717, 1.165) is 22.5 Å². The number of aryl methyl sites for hydroxylation is 1. The number of thioether (sulfide) groups is 1. The van der Waals surface area contributed by atoms with Gasteiger partial charge in [0.2, 0.25) is 0 Å². The zero-order valence-electron chi connectivity index (χ0n) is 19.8. The van der Waals surface area contributed by atoms with Crippen molar-refractivity contribution in [1.82, 2.24) is 19.1 Å². The average Bonchev–Trinajstić information content (AvgIpc) is 3.30. The van der Waals surface area contributed by atoms with Gasteiger partial charge in [0.1, 0.15) is 11.6 Å². The summed E-state index contributed by atoms with van der Waals surface area (Å²) < 4.78 is 22.6. The Morgan fingerprint density at radius 3 is 2.57 bits per heavy atom. The number of halogens is 1. The molecule has 0 saturated carbocycles. The van der Waals surface area contributed by atoms with Gasteiger partial charge in [-0.2, -0.15) is 0 Å². The maximum Gasteiger partial charge on any atom is 0.258 e. The van der Waals surface area contributed by atoms with E-state index < -0.39 is 6.04 Å². The van der Waals surface area contributed by atoms with Gasteiger partial charge in [0.05, 0.1) is 30.9 Å². The van der Waals surface area contributed by atoms with Crippen LogP contribution in [0.15, 0.2) is 71.1 Å². The molecule has 0 radical (unpaired) electrons. The Morgan fingerprint density at radius 1 is 1.17 bits per heavy atom. The molecule has 4 rings (SSSR count). The van der Waals surface area contributed by atoms with Crippen LogP contribution in [0.2, 0.25) is 0 Å². The Hall–Kier alpha value is -3.43. The van der Waals surface area contributed by atoms with Crippen molar-refractivity contribution in [3.63, 3.8) is 0 Å². The van der Waals surface area contributed by atoms with Gasteiger partial charge in [0.25, 0.3) is 5.56 Å². The largest absolute Gasteiger partial charge is 0.495 e. The summed E-state index contributed by atoms with van der Waals surface area (Å²) in [6.07, 6.45) is 7.75. The fourth-order valence-electron chi connectivity index (χ4n) is 4.11. The van der Waals surface area contributed by atoms with Gasteiger partial charge in [-0.15, -0.1) is 0 Å². The maximum absolute atomic E-state index is 13.7. The van der Waals surface area contributed by atoms with Gasteiger partial charge in [-0.3, -0.25) is 9.36 Å². The van der Waals surface area contributed by atoms with Gasteiger partial charge < -0.3 is 14.4 Å². The molecule has 0 amide bonds. The highest BCUT2D eigenvalue weighted by atomic mass is 32.2. The van der Waals surface area contributed by atoms with Gasteiger partial charge in [-0.25, -0.2) is 14.4 Å². The summed E-state index contributed by atoms with van der Waals surface area (Å²) in [5.41, 5.74) is 3.70. The van der Waals surface area contributed by atoms with Crippen molar-refractivity contribution in [2.24, 2.45) is 0 Å². The lowest BCUT2D eigenvalue weighted by molar-refractivity contribution is 0.262. The van der Waals surface area contributed by atoms with E-state index in [1.165, 1.54) is 23.9 Å². The summed E-state index contributed by atoms with van der Waals surface area (Å²) >= 11 is 1.35. The number of rotatable bonds is 9. The van der Waals surface area contributed by atoms with E-state index in [1.807, 2.05) is 42.1 Å². The van der Waals surface area contributed by atoms with Crippen LogP contribution in [0.3, 0.4) is 0 Å². The number of hydrogen-bond acceptors (Lipinski definition) is 6. The first-order valence-corrected chi connectivity index (χ1v) is 12.4. The number of aromatic nitrogens is 4. The zero-order valence-corrected chi connectivity index (χ0v) is 20.6.